The van der Waals surface area contributed by atoms with E-state index in [1.54, 1.807) is 11.3 Å². The van der Waals surface area contributed by atoms with Gasteiger partial charge in [0.25, 0.3) is 0 Å². The fourth-order valence-electron chi connectivity index (χ4n) is 3.23. The third-order valence-corrected chi connectivity index (χ3v) is 5.23. The van der Waals surface area contributed by atoms with Crippen LogP contribution in [0.4, 0.5) is 0 Å². The van der Waals surface area contributed by atoms with Crippen LogP contribution in [-0.4, -0.2) is 29.6 Å². The highest BCUT2D eigenvalue weighted by atomic mass is 32.1. The summed E-state index contributed by atoms with van der Waals surface area (Å²) in [6.07, 6.45) is 3.56. The third-order valence-electron chi connectivity index (χ3n) is 4.33. The topological polar surface area (TPSA) is 40.5 Å². The summed E-state index contributed by atoms with van der Waals surface area (Å²) in [6.45, 7) is 0.539. The van der Waals surface area contributed by atoms with Gasteiger partial charge in [-0.25, -0.2) is 0 Å². The minimum absolute atomic E-state index is 0.115. The van der Waals surface area contributed by atoms with Crippen molar-refractivity contribution in [3.63, 3.8) is 0 Å². The summed E-state index contributed by atoms with van der Waals surface area (Å²) >= 11 is 1.56. The second-order valence-electron chi connectivity index (χ2n) is 5.90. The second kappa shape index (κ2) is 5.59. The van der Waals surface area contributed by atoms with E-state index in [9.17, 15) is 4.79 Å². The lowest BCUT2D eigenvalue weighted by Gasteiger charge is -2.21. The van der Waals surface area contributed by atoms with E-state index in [1.165, 1.54) is 6.42 Å². The maximum Gasteiger partial charge on any atom is 0.225 e. The van der Waals surface area contributed by atoms with Gasteiger partial charge in [0.05, 0.1) is 4.88 Å². The first-order valence-electron chi connectivity index (χ1n) is 7.09. The van der Waals surface area contributed by atoms with E-state index >= 15 is 0 Å². The van der Waals surface area contributed by atoms with Crippen molar-refractivity contribution in [2.45, 2.75) is 25.8 Å². The fourth-order valence-corrected chi connectivity index (χ4v) is 4.00. The molecule has 0 spiro atoms. The monoisotopic (exact) mass is 289 g/mol. The number of amides is 1. The van der Waals surface area contributed by atoms with E-state index in [4.69, 9.17) is 5.11 Å². The normalized spacial score (nSPS) is 26.6. The van der Waals surface area contributed by atoms with Gasteiger partial charge in [0.15, 0.2) is 0 Å². The average Bonchev–Trinajstić information content (AvgIpc) is 2.87. The molecule has 2 unspecified atom stereocenters. The standard InChI is InChI=1S/C16H19NO2S/c1-17(16(19)14-7-12-6-13(12)8-14)9-11-5-15(20-10-11)3-2-4-18/h5,10,12-14,18H,4,6-9H2,1H3. The summed E-state index contributed by atoms with van der Waals surface area (Å²) in [5.74, 6) is 7.79. The maximum atomic E-state index is 12.4. The van der Waals surface area contributed by atoms with Gasteiger partial charge >= 0.3 is 0 Å². The lowest BCUT2D eigenvalue weighted by molar-refractivity contribution is -0.134. The van der Waals surface area contributed by atoms with Gasteiger partial charge in [-0.1, -0.05) is 11.8 Å². The van der Waals surface area contributed by atoms with Crippen LogP contribution in [0.2, 0.25) is 0 Å². The SMILES string of the molecule is CN(Cc1csc(C#CCO)c1)C(=O)C1CC2CC2C1. The van der Waals surface area contributed by atoms with E-state index in [0.29, 0.717) is 12.5 Å². The Hall–Kier alpha value is -1.31. The van der Waals surface area contributed by atoms with Crippen molar-refractivity contribution in [2.75, 3.05) is 13.7 Å². The number of thiophene rings is 1. The molecule has 4 heteroatoms. The molecule has 2 aliphatic rings. The Morgan fingerprint density at radius 3 is 2.90 bits per heavy atom. The van der Waals surface area contributed by atoms with Crippen molar-refractivity contribution in [3.05, 3.63) is 21.9 Å². The van der Waals surface area contributed by atoms with E-state index < -0.39 is 0 Å². The van der Waals surface area contributed by atoms with Gasteiger partial charge < -0.3 is 10.0 Å². The number of rotatable bonds is 3. The lowest BCUT2D eigenvalue weighted by Crippen LogP contribution is -2.31. The van der Waals surface area contributed by atoms with Crippen molar-refractivity contribution in [1.82, 2.24) is 4.90 Å². The van der Waals surface area contributed by atoms with Gasteiger partial charge in [-0.3, -0.25) is 4.79 Å². The molecule has 2 aliphatic carbocycles. The zero-order chi connectivity index (χ0) is 14.1. The molecule has 20 heavy (non-hydrogen) atoms. The maximum absolute atomic E-state index is 12.4. The molecule has 2 saturated carbocycles. The second-order valence-corrected chi connectivity index (χ2v) is 6.81. The fraction of sp³-hybridized carbons (Fsp3) is 0.562. The van der Waals surface area contributed by atoms with Crippen molar-refractivity contribution in [3.8, 4) is 11.8 Å². The first kappa shape index (κ1) is 13.7. The molecule has 1 aromatic heterocycles. The number of aliphatic hydroxyl groups excluding tert-OH is 1. The molecule has 1 N–H and O–H groups in total. The Bertz CT molecular complexity index is 559. The molecule has 1 heterocycles. The molecule has 0 aliphatic heterocycles. The van der Waals surface area contributed by atoms with Gasteiger partial charge in [-0.2, -0.15) is 0 Å². The largest absolute Gasteiger partial charge is 0.384 e. The van der Waals surface area contributed by atoms with Crippen LogP contribution < -0.4 is 0 Å². The molecule has 1 amide bonds. The number of fused-ring (bicyclic) bond motifs is 1. The first-order chi connectivity index (χ1) is 9.67. The quantitative estimate of drug-likeness (QED) is 0.866. The van der Waals surface area contributed by atoms with Crippen LogP contribution in [0, 0.1) is 29.6 Å². The smallest absolute Gasteiger partial charge is 0.225 e. The molecule has 0 aromatic carbocycles. The Morgan fingerprint density at radius 2 is 2.20 bits per heavy atom. The Balaban J connectivity index is 1.56. The van der Waals surface area contributed by atoms with Crippen molar-refractivity contribution < 1.29 is 9.90 Å². The van der Waals surface area contributed by atoms with E-state index in [0.717, 1.165) is 35.1 Å². The van der Waals surface area contributed by atoms with Gasteiger partial charge in [-0.15, -0.1) is 11.3 Å². The Kier molecular flexibility index (Phi) is 3.82. The van der Waals surface area contributed by atoms with Crippen LogP contribution >= 0.6 is 11.3 Å². The van der Waals surface area contributed by atoms with Crippen LogP contribution in [0.5, 0.6) is 0 Å². The number of aliphatic hydroxyl groups is 1. The number of hydrogen-bond acceptors (Lipinski definition) is 3. The molecule has 2 fully saturated rings. The molecule has 2 atom stereocenters. The molecule has 0 bridgehead atoms. The van der Waals surface area contributed by atoms with Crippen LogP contribution in [0.25, 0.3) is 0 Å². The molecule has 0 saturated heterocycles. The summed E-state index contributed by atoms with van der Waals surface area (Å²) in [4.78, 5) is 15.2. The minimum Gasteiger partial charge on any atom is -0.384 e. The zero-order valence-corrected chi connectivity index (χ0v) is 12.4. The molecular weight excluding hydrogens is 270 g/mol. The Labute approximate surface area is 123 Å². The first-order valence-corrected chi connectivity index (χ1v) is 7.97. The molecule has 1 aromatic rings. The Morgan fingerprint density at radius 1 is 1.45 bits per heavy atom. The number of carbonyl (C=O) groups is 1. The highest BCUT2D eigenvalue weighted by molar-refractivity contribution is 7.10. The van der Waals surface area contributed by atoms with E-state index in [-0.39, 0.29) is 12.5 Å². The van der Waals surface area contributed by atoms with Gasteiger partial charge in [-0.05, 0) is 48.1 Å². The van der Waals surface area contributed by atoms with Crippen molar-refractivity contribution >= 4 is 17.2 Å². The van der Waals surface area contributed by atoms with E-state index in [2.05, 4.69) is 11.8 Å². The molecule has 3 nitrogen and oxygen atoms in total. The summed E-state index contributed by atoms with van der Waals surface area (Å²) < 4.78 is 0. The predicted molar refractivity (Wildman–Crippen MR) is 79.1 cm³/mol. The molecular formula is C16H19NO2S. The van der Waals surface area contributed by atoms with Crippen LogP contribution in [-0.2, 0) is 11.3 Å². The highest BCUT2D eigenvalue weighted by Crippen LogP contribution is 2.54. The van der Waals surface area contributed by atoms with E-state index in [1.807, 2.05) is 23.4 Å². The highest BCUT2D eigenvalue weighted by Gasteiger charge is 2.48. The lowest BCUT2D eigenvalue weighted by atomic mass is 10.0. The number of carbonyl (C=O) groups excluding carboxylic acids is 1. The summed E-state index contributed by atoms with van der Waals surface area (Å²) in [6, 6.07) is 2.00. The number of hydrogen-bond donors (Lipinski definition) is 1. The number of nitrogens with zero attached hydrogens (tertiary/aromatic N) is 1. The summed E-state index contributed by atoms with van der Waals surface area (Å²) in [7, 11) is 1.89. The molecule has 0 radical (unpaired) electrons. The van der Waals surface area contributed by atoms with Crippen molar-refractivity contribution in [1.29, 1.82) is 0 Å². The predicted octanol–water partition coefficient (Wildman–Crippen LogP) is 2.10. The zero-order valence-electron chi connectivity index (χ0n) is 11.6. The summed E-state index contributed by atoms with van der Waals surface area (Å²) in [5, 5.41) is 10.7. The molecule has 106 valence electrons. The summed E-state index contributed by atoms with van der Waals surface area (Å²) in [5.41, 5.74) is 1.12. The van der Waals surface area contributed by atoms with Gasteiger partial charge in [0.2, 0.25) is 5.91 Å². The van der Waals surface area contributed by atoms with Crippen LogP contribution in [0.15, 0.2) is 11.4 Å². The van der Waals surface area contributed by atoms with Crippen molar-refractivity contribution in [2.24, 2.45) is 17.8 Å². The average molecular weight is 289 g/mol. The third kappa shape index (κ3) is 2.89. The minimum atomic E-state index is -0.115. The van der Waals surface area contributed by atoms with Gasteiger partial charge in [0.1, 0.15) is 6.61 Å². The molecule has 3 rings (SSSR count). The van der Waals surface area contributed by atoms with Gasteiger partial charge in [0, 0.05) is 19.5 Å². The van der Waals surface area contributed by atoms with Crippen LogP contribution in [0.3, 0.4) is 0 Å². The van der Waals surface area contributed by atoms with Crippen LogP contribution in [0.1, 0.15) is 29.7 Å².